The molecule has 160 valence electrons. The first-order valence-corrected chi connectivity index (χ1v) is 10.7. The van der Waals surface area contributed by atoms with Crippen molar-refractivity contribution in [2.24, 2.45) is 0 Å². The molecule has 3 N–H and O–H groups in total. The zero-order valence-electron chi connectivity index (χ0n) is 17.9. The van der Waals surface area contributed by atoms with E-state index in [1.165, 1.54) is 5.56 Å². The van der Waals surface area contributed by atoms with Crippen LogP contribution in [0.15, 0.2) is 24.3 Å². The van der Waals surface area contributed by atoms with Crippen molar-refractivity contribution in [2.75, 3.05) is 43.1 Å². The lowest BCUT2D eigenvalue weighted by atomic mass is 9.99. The van der Waals surface area contributed by atoms with Crippen LogP contribution in [0.5, 0.6) is 0 Å². The van der Waals surface area contributed by atoms with Gasteiger partial charge in [-0.1, -0.05) is 0 Å². The predicted molar refractivity (Wildman–Crippen MR) is 118 cm³/mol. The molecule has 2 amide bonds. The molecule has 4 rings (SSSR count). The van der Waals surface area contributed by atoms with Gasteiger partial charge in [-0.15, -0.1) is 0 Å². The van der Waals surface area contributed by atoms with Crippen LogP contribution in [0.2, 0.25) is 0 Å². The zero-order chi connectivity index (χ0) is 21.1. The van der Waals surface area contributed by atoms with Crippen molar-refractivity contribution < 1.29 is 9.53 Å². The van der Waals surface area contributed by atoms with Crippen LogP contribution in [-0.4, -0.2) is 54.9 Å². The van der Waals surface area contributed by atoms with Gasteiger partial charge >= 0.3 is 6.03 Å². The average molecular weight is 411 g/mol. The molecule has 0 saturated carbocycles. The molecule has 1 fully saturated rings. The second-order valence-electron chi connectivity index (χ2n) is 7.84. The number of benzene rings is 1. The van der Waals surface area contributed by atoms with Crippen LogP contribution in [0.3, 0.4) is 0 Å². The van der Waals surface area contributed by atoms with Gasteiger partial charge in [0.25, 0.3) is 0 Å². The number of carbonyl (C=O) groups is 1. The maximum absolute atomic E-state index is 11.7. The number of aromatic nitrogens is 2. The number of carbonyl (C=O) groups excluding carboxylic acids is 1. The Morgan fingerprint density at radius 2 is 2.07 bits per heavy atom. The van der Waals surface area contributed by atoms with Crippen LogP contribution in [-0.2, 0) is 11.2 Å². The summed E-state index contributed by atoms with van der Waals surface area (Å²) in [5, 5.41) is 9.07. The maximum atomic E-state index is 11.7. The number of morpholine rings is 1. The Kier molecular flexibility index (Phi) is 6.15. The van der Waals surface area contributed by atoms with Crippen molar-refractivity contribution in [3.05, 3.63) is 35.5 Å². The van der Waals surface area contributed by atoms with E-state index in [0.717, 1.165) is 42.3 Å². The Labute approximate surface area is 177 Å². The number of amides is 2. The molecule has 0 aliphatic carbocycles. The first-order valence-electron chi connectivity index (χ1n) is 10.7. The Hall–Kier alpha value is -2.71. The van der Waals surface area contributed by atoms with Crippen LogP contribution >= 0.6 is 0 Å². The Morgan fingerprint density at radius 3 is 2.80 bits per heavy atom. The largest absolute Gasteiger partial charge is 0.377 e. The Bertz CT molecular complexity index is 901. The fourth-order valence-corrected chi connectivity index (χ4v) is 4.04. The lowest BCUT2D eigenvalue weighted by Gasteiger charge is -2.37. The number of fused-ring (bicyclic) bond motifs is 1. The molecule has 1 aromatic carbocycles. The van der Waals surface area contributed by atoms with E-state index in [-0.39, 0.29) is 18.1 Å². The maximum Gasteiger partial charge on any atom is 0.319 e. The highest BCUT2D eigenvalue weighted by Gasteiger charge is 2.29. The van der Waals surface area contributed by atoms with Gasteiger partial charge in [0.05, 0.1) is 24.9 Å². The van der Waals surface area contributed by atoms with Crippen LogP contribution in [0.25, 0.3) is 11.4 Å². The third-order valence-electron chi connectivity index (χ3n) is 5.63. The van der Waals surface area contributed by atoms with E-state index in [1.54, 1.807) is 0 Å². The molecule has 2 aliphatic heterocycles. The second kappa shape index (κ2) is 8.97. The summed E-state index contributed by atoms with van der Waals surface area (Å²) in [4.78, 5) is 24.1. The smallest absolute Gasteiger partial charge is 0.319 e. The summed E-state index contributed by atoms with van der Waals surface area (Å²) in [5.74, 6) is 1.74. The highest BCUT2D eigenvalue weighted by atomic mass is 16.5. The summed E-state index contributed by atoms with van der Waals surface area (Å²) in [6, 6.07) is 7.92. The van der Waals surface area contributed by atoms with Crippen LogP contribution in [0, 0.1) is 0 Å². The molecule has 1 aromatic heterocycles. The van der Waals surface area contributed by atoms with E-state index in [9.17, 15) is 4.79 Å². The first kappa shape index (κ1) is 20.6. The monoisotopic (exact) mass is 410 g/mol. The number of anilines is 2. The van der Waals surface area contributed by atoms with E-state index in [1.807, 2.05) is 31.2 Å². The van der Waals surface area contributed by atoms with Crippen molar-refractivity contribution in [1.29, 1.82) is 0 Å². The van der Waals surface area contributed by atoms with Crippen molar-refractivity contribution in [3.63, 3.8) is 0 Å². The molecule has 2 atom stereocenters. The first-order chi connectivity index (χ1) is 14.6. The molecular formula is C22H30N6O2. The average Bonchev–Trinajstić information content (AvgIpc) is 2.75. The Balaban J connectivity index is 1.69. The molecule has 0 bridgehead atoms. The van der Waals surface area contributed by atoms with Gasteiger partial charge in [-0.2, -0.15) is 0 Å². The van der Waals surface area contributed by atoms with Gasteiger partial charge in [0.1, 0.15) is 5.82 Å². The molecule has 3 heterocycles. The minimum absolute atomic E-state index is 0.185. The van der Waals surface area contributed by atoms with Crippen LogP contribution in [0.1, 0.15) is 38.1 Å². The van der Waals surface area contributed by atoms with E-state index in [4.69, 9.17) is 14.7 Å². The van der Waals surface area contributed by atoms with Crippen molar-refractivity contribution >= 4 is 17.5 Å². The number of nitrogens with zero attached hydrogens (tertiary/aromatic N) is 3. The topological polar surface area (TPSA) is 91.4 Å². The molecule has 2 aliphatic rings. The minimum Gasteiger partial charge on any atom is -0.377 e. The van der Waals surface area contributed by atoms with E-state index >= 15 is 0 Å². The summed E-state index contributed by atoms with van der Waals surface area (Å²) in [7, 11) is 0. The van der Waals surface area contributed by atoms with Gasteiger partial charge in [0.2, 0.25) is 0 Å². The summed E-state index contributed by atoms with van der Waals surface area (Å²) in [5.41, 5.74) is 3.98. The van der Waals surface area contributed by atoms with Crippen molar-refractivity contribution in [2.45, 2.75) is 39.3 Å². The van der Waals surface area contributed by atoms with Gasteiger partial charge in [-0.25, -0.2) is 14.8 Å². The highest BCUT2D eigenvalue weighted by Crippen LogP contribution is 2.33. The fraction of sp³-hybridized carbons (Fsp3) is 0.500. The highest BCUT2D eigenvalue weighted by molar-refractivity contribution is 5.89. The number of hydrogen-bond donors (Lipinski definition) is 3. The van der Waals surface area contributed by atoms with Crippen LogP contribution in [0.4, 0.5) is 16.3 Å². The molecular weight excluding hydrogens is 380 g/mol. The van der Waals surface area contributed by atoms with E-state index < -0.39 is 0 Å². The van der Waals surface area contributed by atoms with Crippen LogP contribution < -0.4 is 20.9 Å². The normalized spacial score (nSPS) is 21.1. The molecule has 0 radical (unpaired) electrons. The molecule has 8 nitrogen and oxygen atoms in total. The molecule has 2 aromatic rings. The predicted octanol–water partition coefficient (Wildman–Crippen LogP) is 2.72. The number of urea groups is 1. The summed E-state index contributed by atoms with van der Waals surface area (Å²) in [6.07, 6.45) is 0.925. The van der Waals surface area contributed by atoms with Gasteiger partial charge in [-0.3, -0.25) is 0 Å². The quantitative estimate of drug-likeness (QED) is 0.718. The number of nitrogens with one attached hydrogen (secondary N) is 3. The Morgan fingerprint density at radius 1 is 1.27 bits per heavy atom. The third kappa shape index (κ3) is 4.24. The minimum atomic E-state index is -0.209. The molecule has 0 spiro atoms. The van der Waals surface area contributed by atoms with Crippen molar-refractivity contribution in [1.82, 2.24) is 20.6 Å². The van der Waals surface area contributed by atoms with Gasteiger partial charge in [0.15, 0.2) is 5.82 Å². The molecule has 1 unspecified atom stereocenters. The lowest BCUT2D eigenvalue weighted by molar-refractivity contribution is 0.0984. The van der Waals surface area contributed by atoms with Gasteiger partial charge < -0.3 is 25.6 Å². The van der Waals surface area contributed by atoms with E-state index in [0.29, 0.717) is 25.6 Å². The van der Waals surface area contributed by atoms with E-state index in [2.05, 4.69) is 34.7 Å². The molecule has 8 heteroatoms. The van der Waals surface area contributed by atoms with Gasteiger partial charge in [0, 0.05) is 35.9 Å². The van der Waals surface area contributed by atoms with Crippen molar-refractivity contribution in [3.8, 4) is 11.4 Å². The SMILES string of the molecule is CCNC(=O)Nc1ccc(-c2nc3c(c(N4CCOC[C@@H]4C)n2)CCNC3C)cc1. The number of hydrogen-bond acceptors (Lipinski definition) is 6. The third-order valence-corrected chi connectivity index (χ3v) is 5.63. The van der Waals surface area contributed by atoms with Gasteiger partial charge in [-0.05, 0) is 58.0 Å². The lowest BCUT2D eigenvalue weighted by Crippen LogP contribution is -2.45. The number of ether oxygens (including phenoxy) is 1. The summed E-state index contributed by atoms with van der Waals surface area (Å²) >= 11 is 0. The summed E-state index contributed by atoms with van der Waals surface area (Å²) < 4.78 is 5.64. The molecule has 30 heavy (non-hydrogen) atoms. The standard InChI is InChI=1S/C22H30N6O2/c1-4-23-22(29)25-17-7-5-16(6-8-17)20-26-19-15(3)24-10-9-18(19)21(27-20)28-11-12-30-13-14(28)2/h5-8,14-15,24H,4,9-13H2,1-3H3,(H2,23,25,29)/t14-,15?/m0/s1. The second-order valence-corrected chi connectivity index (χ2v) is 7.84. The zero-order valence-corrected chi connectivity index (χ0v) is 17.9. The number of rotatable bonds is 4. The molecule has 1 saturated heterocycles. The summed E-state index contributed by atoms with van der Waals surface area (Å²) in [6.45, 7) is 10.00. The fourth-order valence-electron chi connectivity index (χ4n) is 4.04.